The maximum absolute atomic E-state index is 13.6. The minimum absolute atomic E-state index is 0.00276. The predicted octanol–water partition coefficient (Wildman–Crippen LogP) is 2.69. The Kier molecular flexibility index (Phi) is 3.54. The molecule has 0 saturated heterocycles. The fraction of sp³-hybridized carbons (Fsp3) is 0.100. The Bertz CT molecular complexity index is 638. The number of hydrogen-bond acceptors (Lipinski definition) is 6. The minimum Gasteiger partial charge on any atom is -0.457 e. The molecule has 0 fully saturated rings. The highest BCUT2D eigenvalue weighted by atomic mass is 35.5. The average Bonchev–Trinajstić information content (AvgIpc) is 2.69. The van der Waals surface area contributed by atoms with Crippen molar-refractivity contribution >= 4 is 38.8 Å². The summed E-state index contributed by atoms with van der Waals surface area (Å²) in [6.07, 6.45) is 5.03. The third-order valence-corrected chi connectivity index (χ3v) is 3.27. The van der Waals surface area contributed by atoms with Crippen LogP contribution in [-0.4, -0.2) is 22.0 Å². The second-order valence-corrected chi connectivity index (χ2v) is 4.50. The summed E-state index contributed by atoms with van der Waals surface area (Å²) in [6, 6.07) is 0.934. The lowest BCUT2D eigenvalue weighted by atomic mass is 10.3. The molecule has 0 saturated carbocycles. The van der Waals surface area contributed by atoms with Crippen LogP contribution in [0.4, 0.5) is 10.1 Å². The van der Waals surface area contributed by atoms with Crippen molar-refractivity contribution in [2.75, 3.05) is 11.8 Å². The Morgan fingerprint density at radius 1 is 1.61 bits per heavy atom. The molecule has 1 aromatic carbocycles. The third kappa shape index (κ3) is 2.19. The number of ether oxygens (including phenoxy) is 1. The molecule has 0 unspecified atom stereocenters. The fourth-order valence-corrected chi connectivity index (χ4v) is 2.58. The van der Waals surface area contributed by atoms with E-state index in [9.17, 15) is 4.39 Å². The zero-order valence-electron chi connectivity index (χ0n) is 8.72. The van der Waals surface area contributed by atoms with Gasteiger partial charge in [-0.25, -0.2) is 9.37 Å². The van der Waals surface area contributed by atoms with Crippen LogP contribution in [0.5, 0.6) is 5.19 Å². The fourth-order valence-electron chi connectivity index (χ4n) is 1.33. The van der Waals surface area contributed by atoms with Gasteiger partial charge >= 0.3 is 0 Å². The number of terminal acetylenes is 1. The van der Waals surface area contributed by atoms with E-state index >= 15 is 0 Å². The summed E-state index contributed by atoms with van der Waals surface area (Å²) < 4.78 is 18.8. The highest BCUT2D eigenvalue weighted by Crippen LogP contribution is 2.40. The molecular weight excluding hydrogens is 283 g/mol. The monoisotopic (exact) mass is 288 g/mol. The quantitative estimate of drug-likeness (QED) is 0.671. The van der Waals surface area contributed by atoms with E-state index in [0.29, 0.717) is 0 Å². The number of thiazole rings is 1. The Labute approximate surface area is 110 Å². The second kappa shape index (κ2) is 4.96. The van der Waals surface area contributed by atoms with Gasteiger partial charge in [-0.3, -0.25) is 10.4 Å². The maximum Gasteiger partial charge on any atom is 0.275 e. The highest BCUT2D eigenvalue weighted by molar-refractivity contribution is 7.21. The molecule has 0 radical (unpaired) electrons. The summed E-state index contributed by atoms with van der Waals surface area (Å²) in [4.78, 5) is 3.99. The van der Waals surface area contributed by atoms with Crippen LogP contribution in [-0.2, 0) is 0 Å². The standard InChI is InChI=1S/C10H6ClFN2O3S/c1-2-3-17-10-13-7-5(11)4-6(12)8(14(15)16)9(7)18-10/h1,4,15-16H,3H2. The number of rotatable bonds is 3. The molecule has 0 atom stereocenters. The van der Waals surface area contributed by atoms with Crippen molar-refractivity contribution in [3.63, 3.8) is 0 Å². The summed E-state index contributed by atoms with van der Waals surface area (Å²) >= 11 is 6.72. The molecule has 0 bridgehead atoms. The van der Waals surface area contributed by atoms with Gasteiger partial charge in [0, 0.05) is 0 Å². The molecule has 5 nitrogen and oxygen atoms in total. The van der Waals surface area contributed by atoms with Gasteiger partial charge in [-0.15, -0.1) is 11.6 Å². The van der Waals surface area contributed by atoms with Crippen LogP contribution in [0.25, 0.3) is 10.2 Å². The van der Waals surface area contributed by atoms with Crippen LogP contribution in [0.15, 0.2) is 6.07 Å². The zero-order valence-corrected chi connectivity index (χ0v) is 10.3. The number of halogens is 2. The van der Waals surface area contributed by atoms with Crippen LogP contribution in [0.1, 0.15) is 0 Å². The zero-order chi connectivity index (χ0) is 13.3. The number of fused-ring (bicyclic) bond motifs is 1. The Morgan fingerprint density at radius 3 is 2.94 bits per heavy atom. The SMILES string of the molecule is C#CCOc1nc2c(Cl)cc(F)c(N(O)O)c2s1. The summed E-state index contributed by atoms with van der Waals surface area (Å²) in [5.41, 5.74) is -0.236. The topological polar surface area (TPSA) is 65.8 Å². The minimum atomic E-state index is -0.885. The first-order valence-electron chi connectivity index (χ1n) is 4.57. The number of benzene rings is 1. The molecular formula is C10H6ClFN2O3S. The second-order valence-electron chi connectivity index (χ2n) is 3.13. The maximum atomic E-state index is 13.6. The lowest BCUT2D eigenvalue weighted by molar-refractivity contribution is 0.0282. The van der Waals surface area contributed by atoms with Gasteiger partial charge in [-0.05, 0) is 6.07 Å². The van der Waals surface area contributed by atoms with E-state index in [1.807, 2.05) is 0 Å². The van der Waals surface area contributed by atoms with E-state index < -0.39 is 11.5 Å². The van der Waals surface area contributed by atoms with Crippen molar-refractivity contribution in [1.82, 2.24) is 4.98 Å². The summed E-state index contributed by atoms with van der Waals surface area (Å²) in [7, 11) is 0. The van der Waals surface area contributed by atoms with Crippen LogP contribution >= 0.6 is 22.9 Å². The predicted molar refractivity (Wildman–Crippen MR) is 65.0 cm³/mol. The van der Waals surface area contributed by atoms with Crippen molar-refractivity contribution in [2.24, 2.45) is 0 Å². The Balaban J connectivity index is 2.63. The first kappa shape index (κ1) is 12.9. The molecule has 2 rings (SSSR count). The molecule has 0 spiro atoms. The van der Waals surface area contributed by atoms with Crippen molar-refractivity contribution in [1.29, 1.82) is 0 Å². The highest BCUT2D eigenvalue weighted by Gasteiger charge is 2.20. The number of hydrogen-bond donors (Lipinski definition) is 2. The van der Waals surface area contributed by atoms with Gasteiger partial charge in [0.25, 0.3) is 5.19 Å². The largest absolute Gasteiger partial charge is 0.457 e. The first-order chi connectivity index (χ1) is 8.54. The molecule has 18 heavy (non-hydrogen) atoms. The van der Waals surface area contributed by atoms with Gasteiger partial charge in [-0.1, -0.05) is 28.9 Å². The third-order valence-electron chi connectivity index (χ3n) is 2.01. The summed E-state index contributed by atoms with van der Waals surface area (Å²) in [6.45, 7) is -0.00276. The van der Waals surface area contributed by atoms with E-state index in [2.05, 4.69) is 10.9 Å². The molecule has 1 heterocycles. The molecule has 2 N–H and O–H groups in total. The van der Waals surface area contributed by atoms with Crippen LogP contribution in [0, 0.1) is 18.2 Å². The van der Waals surface area contributed by atoms with E-state index in [4.69, 9.17) is 33.2 Å². The van der Waals surface area contributed by atoms with Crippen LogP contribution in [0.2, 0.25) is 5.02 Å². The first-order valence-corrected chi connectivity index (χ1v) is 5.76. The molecule has 0 aliphatic rings. The van der Waals surface area contributed by atoms with E-state index in [0.717, 1.165) is 17.4 Å². The molecule has 0 amide bonds. The molecule has 0 aliphatic carbocycles. The molecule has 0 aliphatic heterocycles. The number of anilines is 1. The van der Waals surface area contributed by atoms with Gasteiger partial charge in [0.1, 0.15) is 11.2 Å². The Hall–Kier alpha value is -1.59. The number of nitrogens with zero attached hydrogens (tertiary/aromatic N) is 2. The molecule has 1 aromatic heterocycles. The van der Waals surface area contributed by atoms with Gasteiger partial charge in [0.2, 0.25) is 0 Å². The lowest BCUT2D eigenvalue weighted by Crippen LogP contribution is -2.12. The van der Waals surface area contributed by atoms with Crippen molar-refractivity contribution in [3.05, 3.63) is 16.9 Å². The van der Waals surface area contributed by atoms with Crippen LogP contribution in [0.3, 0.4) is 0 Å². The molecule has 94 valence electrons. The van der Waals surface area contributed by atoms with Gasteiger partial charge in [0.05, 0.1) is 9.72 Å². The Morgan fingerprint density at radius 2 is 2.33 bits per heavy atom. The normalized spacial score (nSPS) is 10.4. The number of aromatic nitrogens is 1. The smallest absolute Gasteiger partial charge is 0.275 e. The van der Waals surface area contributed by atoms with Gasteiger partial charge < -0.3 is 4.74 Å². The average molecular weight is 289 g/mol. The molecule has 2 aromatic rings. The molecule has 8 heteroatoms. The van der Waals surface area contributed by atoms with E-state index in [1.165, 1.54) is 0 Å². The summed E-state index contributed by atoms with van der Waals surface area (Å²) in [5, 5.41) is 17.9. The lowest BCUT2D eigenvalue weighted by Gasteiger charge is -2.09. The van der Waals surface area contributed by atoms with Crippen LogP contribution < -0.4 is 9.96 Å². The van der Waals surface area contributed by atoms with E-state index in [1.54, 1.807) is 0 Å². The van der Waals surface area contributed by atoms with E-state index in [-0.39, 0.29) is 32.3 Å². The van der Waals surface area contributed by atoms with Gasteiger partial charge in [-0.2, -0.15) is 0 Å². The summed E-state index contributed by atoms with van der Waals surface area (Å²) in [5.74, 6) is 1.37. The van der Waals surface area contributed by atoms with Crippen molar-refractivity contribution in [2.45, 2.75) is 0 Å². The van der Waals surface area contributed by atoms with Crippen molar-refractivity contribution < 1.29 is 19.5 Å². The van der Waals surface area contributed by atoms with Crippen molar-refractivity contribution in [3.8, 4) is 17.5 Å². The van der Waals surface area contributed by atoms with Gasteiger partial charge in [0.15, 0.2) is 12.4 Å².